The molecule has 0 aromatic heterocycles. The normalized spacial score (nSPS) is 11.3. The van der Waals surface area contributed by atoms with Crippen molar-refractivity contribution in [3.8, 4) is 0 Å². The Morgan fingerprint density at radius 1 is 1.25 bits per heavy atom. The lowest BCUT2D eigenvalue weighted by Crippen LogP contribution is -2.38. The molecule has 0 heterocycles. The highest BCUT2D eigenvalue weighted by Crippen LogP contribution is 2.07. The zero-order valence-electron chi connectivity index (χ0n) is 11.1. The molecule has 20 heavy (non-hydrogen) atoms. The second-order valence-electron chi connectivity index (χ2n) is 3.97. The SMILES string of the molecule is COC(=O)c1ccc(COC(=O)N[C@@H](C)C(=O)O)cc1. The number of carbonyl (C=O) groups is 3. The zero-order valence-corrected chi connectivity index (χ0v) is 11.1. The van der Waals surface area contributed by atoms with E-state index in [4.69, 9.17) is 9.84 Å². The molecular formula is C13H15NO6. The van der Waals surface area contributed by atoms with Crippen LogP contribution < -0.4 is 5.32 Å². The largest absolute Gasteiger partial charge is 0.480 e. The molecule has 1 atom stereocenters. The lowest BCUT2D eigenvalue weighted by atomic mass is 10.1. The number of aliphatic carboxylic acids is 1. The molecule has 2 N–H and O–H groups in total. The Hall–Kier alpha value is -2.57. The minimum absolute atomic E-state index is 0.0281. The number of rotatable bonds is 5. The van der Waals surface area contributed by atoms with E-state index in [0.717, 1.165) is 0 Å². The maximum absolute atomic E-state index is 11.3. The van der Waals surface area contributed by atoms with Gasteiger partial charge in [-0.3, -0.25) is 4.79 Å². The molecule has 0 spiro atoms. The summed E-state index contributed by atoms with van der Waals surface area (Å²) in [5.74, 6) is -1.60. The van der Waals surface area contributed by atoms with Crippen molar-refractivity contribution in [3.05, 3.63) is 35.4 Å². The summed E-state index contributed by atoms with van der Waals surface area (Å²) in [5.41, 5.74) is 1.05. The van der Waals surface area contributed by atoms with Crippen molar-refractivity contribution >= 4 is 18.0 Å². The molecule has 0 unspecified atom stereocenters. The number of methoxy groups -OCH3 is 1. The lowest BCUT2D eigenvalue weighted by Gasteiger charge is -2.10. The first kappa shape index (κ1) is 15.5. The summed E-state index contributed by atoms with van der Waals surface area (Å²) in [7, 11) is 1.29. The first-order valence-electron chi connectivity index (χ1n) is 5.77. The van der Waals surface area contributed by atoms with E-state index in [1.807, 2.05) is 0 Å². The van der Waals surface area contributed by atoms with E-state index in [2.05, 4.69) is 10.1 Å². The second-order valence-corrected chi connectivity index (χ2v) is 3.97. The Morgan fingerprint density at radius 3 is 2.35 bits per heavy atom. The summed E-state index contributed by atoms with van der Waals surface area (Å²) in [4.78, 5) is 33.0. The fraction of sp³-hybridized carbons (Fsp3) is 0.308. The summed E-state index contributed by atoms with van der Waals surface area (Å²) >= 11 is 0. The molecule has 7 nitrogen and oxygen atoms in total. The van der Waals surface area contributed by atoms with E-state index in [1.165, 1.54) is 14.0 Å². The van der Waals surface area contributed by atoms with Gasteiger partial charge in [-0.25, -0.2) is 9.59 Å². The van der Waals surface area contributed by atoms with Gasteiger partial charge in [0, 0.05) is 0 Å². The van der Waals surface area contributed by atoms with Crippen molar-refractivity contribution in [3.63, 3.8) is 0 Å². The van der Waals surface area contributed by atoms with E-state index in [1.54, 1.807) is 24.3 Å². The van der Waals surface area contributed by atoms with Crippen molar-refractivity contribution < 1.29 is 29.0 Å². The van der Waals surface area contributed by atoms with E-state index >= 15 is 0 Å². The maximum Gasteiger partial charge on any atom is 0.408 e. The van der Waals surface area contributed by atoms with Crippen LogP contribution in [0.5, 0.6) is 0 Å². The topological polar surface area (TPSA) is 102 Å². The molecular weight excluding hydrogens is 266 g/mol. The third-order valence-corrected chi connectivity index (χ3v) is 2.45. The molecule has 7 heteroatoms. The molecule has 0 aliphatic carbocycles. The fourth-order valence-electron chi connectivity index (χ4n) is 1.28. The van der Waals surface area contributed by atoms with Crippen LogP contribution in [0.4, 0.5) is 4.79 Å². The fourth-order valence-corrected chi connectivity index (χ4v) is 1.28. The van der Waals surface area contributed by atoms with Gasteiger partial charge in [-0.1, -0.05) is 12.1 Å². The number of hydrogen-bond donors (Lipinski definition) is 2. The number of benzene rings is 1. The van der Waals surface area contributed by atoms with Gasteiger partial charge in [0.15, 0.2) is 0 Å². The van der Waals surface area contributed by atoms with Crippen molar-refractivity contribution in [1.29, 1.82) is 0 Å². The number of nitrogens with one attached hydrogen (secondary N) is 1. The monoisotopic (exact) mass is 281 g/mol. The molecule has 0 aliphatic rings. The number of carboxylic acids is 1. The van der Waals surface area contributed by atoms with Crippen LogP contribution in [0.1, 0.15) is 22.8 Å². The van der Waals surface area contributed by atoms with Gasteiger partial charge < -0.3 is 19.9 Å². The Labute approximate surface area is 115 Å². The van der Waals surface area contributed by atoms with E-state index in [0.29, 0.717) is 11.1 Å². The van der Waals surface area contributed by atoms with Gasteiger partial charge in [-0.2, -0.15) is 0 Å². The van der Waals surface area contributed by atoms with Crippen LogP contribution in [-0.4, -0.2) is 36.3 Å². The van der Waals surface area contributed by atoms with Crippen molar-refractivity contribution in [2.75, 3.05) is 7.11 Å². The first-order valence-corrected chi connectivity index (χ1v) is 5.77. The van der Waals surface area contributed by atoms with Crippen LogP contribution in [0.2, 0.25) is 0 Å². The van der Waals surface area contributed by atoms with E-state index in [9.17, 15) is 14.4 Å². The molecule has 1 amide bonds. The number of alkyl carbamates (subject to hydrolysis) is 1. The number of ether oxygens (including phenoxy) is 2. The van der Waals surface area contributed by atoms with Crippen LogP contribution in [0.25, 0.3) is 0 Å². The highest BCUT2D eigenvalue weighted by Gasteiger charge is 2.14. The molecule has 0 fully saturated rings. The van der Waals surface area contributed by atoms with Crippen LogP contribution in [0.15, 0.2) is 24.3 Å². The highest BCUT2D eigenvalue weighted by molar-refractivity contribution is 5.89. The number of carbonyl (C=O) groups excluding carboxylic acids is 2. The Morgan fingerprint density at radius 2 is 1.85 bits per heavy atom. The molecule has 0 bridgehead atoms. The molecule has 0 aliphatic heterocycles. The number of carboxylic acid groups (broad SMARTS) is 1. The summed E-state index contributed by atoms with van der Waals surface area (Å²) in [6, 6.07) is 5.29. The van der Waals surface area contributed by atoms with E-state index in [-0.39, 0.29) is 6.61 Å². The average molecular weight is 281 g/mol. The molecule has 0 radical (unpaired) electrons. The van der Waals surface area contributed by atoms with Crippen LogP contribution in [-0.2, 0) is 20.9 Å². The summed E-state index contributed by atoms with van der Waals surface area (Å²) in [6.45, 7) is 1.30. The predicted octanol–water partition coefficient (Wildman–Crippen LogP) is 1.17. The van der Waals surface area contributed by atoms with Gasteiger partial charge in [-0.15, -0.1) is 0 Å². The van der Waals surface area contributed by atoms with Crippen LogP contribution in [0.3, 0.4) is 0 Å². The molecule has 108 valence electrons. The number of esters is 1. The number of amides is 1. The van der Waals surface area contributed by atoms with Crippen molar-refractivity contribution in [1.82, 2.24) is 5.32 Å². The van der Waals surface area contributed by atoms with Crippen molar-refractivity contribution in [2.45, 2.75) is 19.6 Å². The van der Waals surface area contributed by atoms with Gasteiger partial charge >= 0.3 is 18.0 Å². The minimum Gasteiger partial charge on any atom is -0.480 e. The molecule has 1 aromatic carbocycles. The standard InChI is InChI=1S/C13H15NO6/c1-8(11(15)16)14-13(18)20-7-9-3-5-10(6-4-9)12(17)19-2/h3-6,8H,7H2,1-2H3,(H,14,18)(H,15,16)/t8-/m0/s1. The Balaban J connectivity index is 2.48. The minimum atomic E-state index is -1.15. The highest BCUT2D eigenvalue weighted by atomic mass is 16.5. The molecule has 1 rings (SSSR count). The van der Waals surface area contributed by atoms with Gasteiger partial charge in [0.05, 0.1) is 12.7 Å². The van der Waals surface area contributed by atoms with E-state index < -0.39 is 24.1 Å². The first-order chi connectivity index (χ1) is 9.43. The van der Waals surface area contributed by atoms with Crippen LogP contribution in [0, 0.1) is 0 Å². The third kappa shape index (κ3) is 4.60. The van der Waals surface area contributed by atoms with Crippen LogP contribution >= 0.6 is 0 Å². The maximum atomic E-state index is 11.3. The molecule has 0 saturated carbocycles. The molecule has 0 saturated heterocycles. The summed E-state index contributed by atoms with van der Waals surface area (Å²) in [6.07, 6.45) is -0.822. The van der Waals surface area contributed by atoms with Gasteiger partial charge in [-0.05, 0) is 24.6 Å². The quantitative estimate of drug-likeness (QED) is 0.785. The van der Waals surface area contributed by atoms with Gasteiger partial charge in [0.25, 0.3) is 0 Å². The second kappa shape index (κ2) is 7.13. The van der Waals surface area contributed by atoms with Gasteiger partial charge in [0.2, 0.25) is 0 Å². The Bertz CT molecular complexity index is 496. The predicted molar refractivity (Wildman–Crippen MR) is 68.2 cm³/mol. The Kier molecular flexibility index (Phi) is 5.52. The lowest BCUT2D eigenvalue weighted by molar-refractivity contribution is -0.138. The zero-order chi connectivity index (χ0) is 15.1. The summed E-state index contributed by atoms with van der Waals surface area (Å²) in [5, 5.41) is 10.8. The molecule has 1 aromatic rings. The smallest absolute Gasteiger partial charge is 0.408 e. The number of hydrogen-bond acceptors (Lipinski definition) is 5. The summed E-state index contributed by atoms with van der Waals surface area (Å²) < 4.78 is 9.40. The average Bonchev–Trinajstić information content (AvgIpc) is 2.44. The van der Waals surface area contributed by atoms with Gasteiger partial charge in [0.1, 0.15) is 12.6 Å². The van der Waals surface area contributed by atoms with Crippen molar-refractivity contribution in [2.24, 2.45) is 0 Å². The third-order valence-electron chi connectivity index (χ3n) is 2.45.